The van der Waals surface area contributed by atoms with Gasteiger partial charge in [-0.2, -0.15) is 9.55 Å². The Morgan fingerprint density at radius 3 is 2.86 bits per heavy atom. The summed E-state index contributed by atoms with van der Waals surface area (Å²) >= 11 is 0. The van der Waals surface area contributed by atoms with Gasteiger partial charge < -0.3 is 15.4 Å². The van der Waals surface area contributed by atoms with Gasteiger partial charge in [-0.05, 0) is 30.3 Å². The molecule has 4 N–H and O–H groups in total. The topological polar surface area (TPSA) is 123 Å². The highest BCUT2D eigenvalue weighted by atomic mass is 16.4. The minimum absolute atomic E-state index is 0.178. The summed E-state index contributed by atoms with van der Waals surface area (Å²) in [5.74, 6) is -0.0610. The first-order valence-corrected chi connectivity index (χ1v) is 8.49. The molecule has 9 nitrogen and oxygen atoms in total. The normalized spacial score (nSPS) is 11.1. The van der Waals surface area contributed by atoms with Gasteiger partial charge in [0.25, 0.3) is 5.82 Å². The van der Waals surface area contributed by atoms with Crippen molar-refractivity contribution in [2.24, 2.45) is 0 Å². The second-order valence-electron chi connectivity index (χ2n) is 6.14. The Balaban J connectivity index is 1.64. The second kappa shape index (κ2) is 6.16. The van der Waals surface area contributed by atoms with Gasteiger partial charge in [0.2, 0.25) is 0 Å². The molecule has 5 rings (SSSR count). The molecule has 0 amide bonds. The van der Waals surface area contributed by atoms with E-state index in [9.17, 15) is 9.90 Å². The standard InChI is InChI=1S/C19H13N7O2/c27-18(28)11-4-3-5-12(8-11)23-19-24-16-15(20-9-21-16)17(25-19)26-10-22-13-6-1-2-7-14(13)26/h1-10H,(H3,20,21,23,24,25,27,28)/p+1. The molecular formula is C19H14N7O2+. The number of imidazole rings is 2. The summed E-state index contributed by atoms with van der Waals surface area (Å²) in [5.41, 5.74) is 3.87. The Bertz CT molecular complexity index is 1340. The van der Waals surface area contributed by atoms with Crippen LogP contribution in [0.1, 0.15) is 10.4 Å². The fraction of sp³-hybridized carbons (Fsp3) is 0. The summed E-state index contributed by atoms with van der Waals surface area (Å²) in [5, 5.41) is 12.2. The molecule has 0 spiro atoms. The van der Waals surface area contributed by atoms with Crippen molar-refractivity contribution >= 4 is 39.8 Å². The van der Waals surface area contributed by atoms with Gasteiger partial charge in [0, 0.05) is 5.69 Å². The van der Waals surface area contributed by atoms with Gasteiger partial charge in [-0.15, -0.1) is 0 Å². The first-order chi connectivity index (χ1) is 13.7. The summed E-state index contributed by atoms with van der Waals surface area (Å²) in [4.78, 5) is 30.8. The van der Waals surface area contributed by atoms with Crippen molar-refractivity contribution in [1.29, 1.82) is 0 Å². The number of carbonyl (C=O) groups is 1. The number of aromatic carboxylic acids is 1. The number of nitrogens with zero attached hydrogens (tertiary/aromatic N) is 4. The van der Waals surface area contributed by atoms with Crippen molar-refractivity contribution in [1.82, 2.24) is 24.9 Å². The molecule has 0 aliphatic heterocycles. The van der Waals surface area contributed by atoms with Gasteiger partial charge in [-0.3, -0.25) is 4.98 Å². The highest BCUT2D eigenvalue weighted by Gasteiger charge is 2.21. The molecule has 3 aromatic heterocycles. The Morgan fingerprint density at radius 2 is 1.96 bits per heavy atom. The number of para-hydroxylation sites is 2. The van der Waals surface area contributed by atoms with E-state index >= 15 is 0 Å². The molecule has 2 aromatic carbocycles. The number of aromatic amines is 2. The Labute approximate surface area is 157 Å². The van der Waals surface area contributed by atoms with Crippen LogP contribution in [0.25, 0.3) is 28.0 Å². The van der Waals surface area contributed by atoms with E-state index in [0.717, 1.165) is 11.0 Å². The fourth-order valence-electron chi connectivity index (χ4n) is 3.09. The SMILES string of the molecule is O=C(O)c1cccc(Nc2nc(-[n+]3c[nH]c4ccccc43)c3[nH]cnc3n2)c1. The summed E-state index contributed by atoms with van der Waals surface area (Å²) in [6.45, 7) is 0. The van der Waals surface area contributed by atoms with Gasteiger partial charge in [0.05, 0.1) is 11.9 Å². The molecule has 28 heavy (non-hydrogen) atoms. The van der Waals surface area contributed by atoms with Crippen molar-refractivity contribution in [2.75, 3.05) is 5.32 Å². The maximum Gasteiger partial charge on any atom is 0.335 e. The highest BCUT2D eigenvalue weighted by Crippen LogP contribution is 2.20. The van der Waals surface area contributed by atoms with E-state index in [1.807, 2.05) is 35.2 Å². The van der Waals surface area contributed by atoms with Crippen LogP contribution in [0.15, 0.2) is 61.2 Å². The predicted molar refractivity (Wildman–Crippen MR) is 102 cm³/mol. The first kappa shape index (κ1) is 15.9. The van der Waals surface area contributed by atoms with Crippen LogP contribution in [-0.4, -0.2) is 36.0 Å². The van der Waals surface area contributed by atoms with Crippen molar-refractivity contribution in [3.05, 3.63) is 66.7 Å². The van der Waals surface area contributed by atoms with Crippen molar-refractivity contribution < 1.29 is 14.5 Å². The third-order valence-electron chi connectivity index (χ3n) is 4.37. The number of rotatable bonds is 4. The van der Waals surface area contributed by atoms with Crippen molar-refractivity contribution in [2.45, 2.75) is 0 Å². The lowest BCUT2D eigenvalue weighted by molar-refractivity contribution is -0.569. The highest BCUT2D eigenvalue weighted by molar-refractivity contribution is 5.89. The molecular weight excluding hydrogens is 358 g/mol. The van der Waals surface area contributed by atoms with Crippen LogP contribution < -0.4 is 9.88 Å². The Hall–Kier alpha value is -4.27. The molecule has 0 aliphatic carbocycles. The molecule has 0 saturated carbocycles. The van der Waals surface area contributed by atoms with Crippen LogP contribution in [0.5, 0.6) is 0 Å². The fourth-order valence-corrected chi connectivity index (χ4v) is 3.09. The number of fused-ring (bicyclic) bond motifs is 2. The van der Waals surface area contributed by atoms with Gasteiger partial charge in [0.15, 0.2) is 17.5 Å². The van der Waals surface area contributed by atoms with E-state index in [2.05, 4.69) is 30.2 Å². The van der Waals surface area contributed by atoms with Crippen LogP contribution in [0.3, 0.4) is 0 Å². The number of carboxylic acids is 1. The number of benzene rings is 2. The van der Waals surface area contributed by atoms with Gasteiger partial charge in [-0.1, -0.05) is 23.2 Å². The van der Waals surface area contributed by atoms with Gasteiger partial charge >= 0.3 is 11.9 Å². The zero-order valence-electron chi connectivity index (χ0n) is 14.4. The van der Waals surface area contributed by atoms with Gasteiger partial charge in [-0.25, -0.2) is 9.78 Å². The van der Waals surface area contributed by atoms with E-state index in [-0.39, 0.29) is 5.56 Å². The molecule has 0 bridgehead atoms. The van der Waals surface area contributed by atoms with E-state index < -0.39 is 5.97 Å². The quantitative estimate of drug-likeness (QED) is 0.360. The molecule has 0 saturated heterocycles. The lowest BCUT2D eigenvalue weighted by Crippen LogP contribution is -2.31. The predicted octanol–water partition coefficient (Wildman–Crippen LogP) is 2.55. The largest absolute Gasteiger partial charge is 0.478 e. The Morgan fingerprint density at radius 1 is 1.07 bits per heavy atom. The molecule has 9 heteroatoms. The van der Waals surface area contributed by atoms with Crippen molar-refractivity contribution in [3.8, 4) is 5.82 Å². The maximum absolute atomic E-state index is 11.2. The number of aromatic nitrogens is 6. The van der Waals surface area contributed by atoms with Crippen LogP contribution in [0, 0.1) is 0 Å². The third-order valence-corrected chi connectivity index (χ3v) is 4.37. The lowest BCUT2D eigenvalue weighted by atomic mass is 10.2. The van der Waals surface area contributed by atoms with Crippen molar-refractivity contribution in [3.63, 3.8) is 0 Å². The third kappa shape index (κ3) is 2.62. The maximum atomic E-state index is 11.2. The van der Waals surface area contributed by atoms with E-state index in [1.54, 1.807) is 18.5 Å². The minimum Gasteiger partial charge on any atom is -0.478 e. The summed E-state index contributed by atoms with van der Waals surface area (Å²) in [6, 6.07) is 14.3. The number of hydrogen-bond donors (Lipinski definition) is 4. The average Bonchev–Trinajstić information content (AvgIpc) is 3.34. The smallest absolute Gasteiger partial charge is 0.335 e. The Kier molecular flexibility index (Phi) is 3.51. The second-order valence-corrected chi connectivity index (χ2v) is 6.14. The summed E-state index contributed by atoms with van der Waals surface area (Å²) < 4.78 is 1.91. The molecule has 5 aromatic rings. The number of carboxylic acid groups (broad SMARTS) is 1. The first-order valence-electron chi connectivity index (χ1n) is 8.49. The average molecular weight is 372 g/mol. The zero-order chi connectivity index (χ0) is 19.1. The minimum atomic E-state index is -0.998. The molecule has 0 aliphatic rings. The molecule has 136 valence electrons. The number of hydrogen-bond acceptors (Lipinski definition) is 5. The summed E-state index contributed by atoms with van der Waals surface area (Å²) in [7, 11) is 0. The van der Waals surface area contributed by atoms with Crippen LogP contribution in [0.4, 0.5) is 11.6 Å². The van der Waals surface area contributed by atoms with E-state index in [4.69, 9.17) is 0 Å². The lowest BCUT2D eigenvalue weighted by Gasteiger charge is -2.05. The van der Waals surface area contributed by atoms with E-state index in [1.165, 1.54) is 12.1 Å². The zero-order valence-corrected chi connectivity index (χ0v) is 14.4. The van der Waals surface area contributed by atoms with E-state index in [0.29, 0.717) is 28.6 Å². The number of H-pyrrole nitrogens is 2. The van der Waals surface area contributed by atoms with Crippen LogP contribution in [-0.2, 0) is 0 Å². The summed E-state index contributed by atoms with van der Waals surface area (Å²) in [6.07, 6.45) is 3.38. The van der Waals surface area contributed by atoms with Crippen LogP contribution >= 0.6 is 0 Å². The van der Waals surface area contributed by atoms with Gasteiger partial charge in [0.1, 0.15) is 11.0 Å². The monoisotopic (exact) mass is 372 g/mol. The van der Waals surface area contributed by atoms with Crippen LogP contribution in [0.2, 0.25) is 0 Å². The molecule has 0 unspecified atom stereocenters. The molecule has 0 radical (unpaired) electrons. The molecule has 0 atom stereocenters. The number of anilines is 2. The molecule has 3 heterocycles. The molecule has 0 fully saturated rings. The number of nitrogens with one attached hydrogen (secondary N) is 3.